The number of carbonyl (C=O) groups is 1. The van der Waals surface area contributed by atoms with E-state index < -0.39 is 5.69 Å². The average Bonchev–Trinajstić information content (AvgIpc) is 3.39. The Kier molecular flexibility index (Phi) is 5.35. The Morgan fingerprint density at radius 3 is 2.44 bits per heavy atom. The zero-order chi connectivity index (χ0) is 22.4. The molecular formula is C25H21ClN2O3S. The van der Waals surface area contributed by atoms with Gasteiger partial charge < -0.3 is 0 Å². The van der Waals surface area contributed by atoms with Gasteiger partial charge in [0.25, 0.3) is 5.56 Å². The van der Waals surface area contributed by atoms with Crippen LogP contribution < -0.4 is 11.2 Å². The van der Waals surface area contributed by atoms with Gasteiger partial charge in [0.1, 0.15) is 4.83 Å². The quantitative estimate of drug-likeness (QED) is 0.398. The lowest BCUT2D eigenvalue weighted by molar-refractivity contribution is 0.0972. The molecule has 2 heterocycles. The third-order valence-corrected chi connectivity index (χ3v) is 7.62. The first-order valence-corrected chi connectivity index (χ1v) is 11.9. The number of hydrogen-bond donors (Lipinski definition) is 0. The summed E-state index contributed by atoms with van der Waals surface area (Å²) in [6, 6.07) is 14.1. The number of rotatable bonds is 5. The molecule has 162 valence electrons. The van der Waals surface area contributed by atoms with Gasteiger partial charge in [-0.25, -0.2) is 9.36 Å². The second kappa shape index (κ2) is 8.19. The molecule has 0 aliphatic heterocycles. The molecule has 0 spiro atoms. The monoisotopic (exact) mass is 464 g/mol. The standard InChI is InChI=1S/C25H21ClN2O3S/c1-2-15-6-12-18(13-7-15)28-23(30)22-19-4-3-5-21(19)32-24(22)27(25(28)31)14-20(29)16-8-10-17(26)11-9-16/h6-13H,2-5,14H2,1H3. The van der Waals surface area contributed by atoms with Crippen LogP contribution in [0.25, 0.3) is 15.9 Å². The van der Waals surface area contributed by atoms with E-state index in [9.17, 15) is 14.4 Å². The number of nitrogens with zero attached hydrogens (tertiary/aromatic N) is 2. The summed E-state index contributed by atoms with van der Waals surface area (Å²) in [7, 11) is 0. The molecular weight excluding hydrogens is 444 g/mol. The van der Waals surface area contributed by atoms with Crippen LogP contribution in [0.5, 0.6) is 0 Å². The van der Waals surface area contributed by atoms with Gasteiger partial charge in [0.05, 0.1) is 17.6 Å². The lowest BCUT2D eigenvalue weighted by atomic mass is 10.1. The van der Waals surface area contributed by atoms with Crippen molar-refractivity contribution in [3.63, 3.8) is 0 Å². The molecule has 0 atom stereocenters. The molecule has 4 aromatic rings. The second-order valence-electron chi connectivity index (χ2n) is 8.00. The first-order chi connectivity index (χ1) is 15.5. The van der Waals surface area contributed by atoms with Crippen molar-refractivity contribution in [3.05, 3.63) is 96.0 Å². The number of carbonyl (C=O) groups excluding carboxylic acids is 1. The lowest BCUT2D eigenvalue weighted by Gasteiger charge is -2.13. The summed E-state index contributed by atoms with van der Waals surface area (Å²) in [5.74, 6) is -0.204. The highest BCUT2D eigenvalue weighted by Crippen LogP contribution is 2.35. The van der Waals surface area contributed by atoms with Crippen molar-refractivity contribution >= 4 is 38.9 Å². The van der Waals surface area contributed by atoms with Crippen LogP contribution >= 0.6 is 22.9 Å². The van der Waals surface area contributed by atoms with E-state index in [1.807, 2.05) is 12.1 Å². The SMILES string of the molecule is CCc1ccc(-n2c(=O)c3c4c(sc3n(CC(=O)c3ccc(Cl)cc3)c2=O)CCC4)cc1. The molecule has 32 heavy (non-hydrogen) atoms. The topological polar surface area (TPSA) is 61.1 Å². The fraction of sp³-hybridized carbons (Fsp3) is 0.240. The Balaban J connectivity index is 1.72. The molecule has 7 heteroatoms. The molecule has 0 amide bonds. The summed E-state index contributed by atoms with van der Waals surface area (Å²) in [6.45, 7) is 1.92. The van der Waals surface area contributed by atoms with Gasteiger partial charge in [-0.3, -0.25) is 14.2 Å². The molecule has 0 bridgehead atoms. The van der Waals surface area contributed by atoms with Gasteiger partial charge in [-0.1, -0.05) is 30.7 Å². The van der Waals surface area contributed by atoms with E-state index in [0.29, 0.717) is 26.5 Å². The van der Waals surface area contributed by atoms with Crippen molar-refractivity contribution in [1.82, 2.24) is 9.13 Å². The highest BCUT2D eigenvalue weighted by atomic mass is 35.5. The molecule has 2 aromatic heterocycles. The van der Waals surface area contributed by atoms with Crippen molar-refractivity contribution in [3.8, 4) is 5.69 Å². The normalized spacial score (nSPS) is 12.9. The van der Waals surface area contributed by atoms with Gasteiger partial charge in [-0.2, -0.15) is 0 Å². The first kappa shape index (κ1) is 20.9. The van der Waals surface area contributed by atoms with E-state index in [0.717, 1.165) is 41.7 Å². The van der Waals surface area contributed by atoms with E-state index in [1.165, 1.54) is 20.5 Å². The second-order valence-corrected chi connectivity index (χ2v) is 9.52. The maximum absolute atomic E-state index is 13.6. The van der Waals surface area contributed by atoms with E-state index >= 15 is 0 Å². The van der Waals surface area contributed by atoms with Crippen LogP contribution in [0.3, 0.4) is 0 Å². The highest BCUT2D eigenvalue weighted by molar-refractivity contribution is 7.19. The van der Waals surface area contributed by atoms with Crippen LogP contribution in [0, 0.1) is 0 Å². The third kappa shape index (κ3) is 3.44. The van der Waals surface area contributed by atoms with Gasteiger partial charge in [-0.05, 0) is 73.2 Å². The maximum atomic E-state index is 13.6. The number of Topliss-reactive ketones (excluding diaryl/α,β-unsaturated/α-hetero) is 1. The summed E-state index contributed by atoms with van der Waals surface area (Å²) >= 11 is 7.41. The Hall–Kier alpha value is -2.96. The predicted octanol–water partition coefficient (Wildman–Crippen LogP) is 4.80. The number of aromatic nitrogens is 2. The minimum atomic E-state index is -0.492. The summed E-state index contributed by atoms with van der Waals surface area (Å²) in [5, 5.41) is 1.12. The summed E-state index contributed by atoms with van der Waals surface area (Å²) < 4.78 is 2.67. The van der Waals surface area contributed by atoms with Gasteiger partial charge in [0, 0.05) is 15.5 Å². The molecule has 0 saturated heterocycles. The Labute approximate surface area is 193 Å². The van der Waals surface area contributed by atoms with Crippen LogP contribution in [-0.4, -0.2) is 14.9 Å². The van der Waals surface area contributed by atoms with Crippen LogP contribution in [0.2, 0.25) is 5.02 Å². The molecule has 0 saturated carbocycles. The summed E-state index contributed by atoms with van der Waals surface area (Å²) in [4.78, 5) is 41.9. The molecule has 1 aliphatic rings. The molecule has 0 N–H and O–H groups in total. The highest BCUT2D eigenvalue weighted by Gasteiger charge is 2.26. The molecule has 5 rings (SSSR count). The van der Waals surface area contributed by atoms with Gasteiger partial charge in [0.15, 0.2) is 5.78 Å². The number of halogens is 1. The Morgan fingerprint density at radius 1 is 1.03 bits per heavy atom. The zero-order valence-corrected chi connectivity index (χ0v) is 19.1. The maximum Gasteiger partial charge on any atom is 0.337 e. The summed E-state index contributed by atoms with van der Waals surface area (Å²) in [5.41, 5.74) is 2.35. The fourth-order valence-electron chi connectivity index (χ4n) is 4.33. The molecule has 0 unspecified atom stereocenters. The number of ketones is 1. The smallest absolute Gasteiger partial charge is 0.292 e. The lowest BCUT2D eigenvalue weighted by Crippen LogP contribution is -2.39. The van der Waals surface area contributed by atoms with E-state index in [2.05, 4.69) is 6.92 Å². The average molecular weight is 465 g/mol. The Bertz CT molecular complexity index is 1460. The molecule has 1 aliphatic carbocycles. The minimum absolute atomic E-state index is 0.135. The Morgan fingerprint density at radius 2 is 1.75 bits per heavy atom. The van der Waals surface area contributed by atoms with Gasteiger partial charge >= 0.3 is 5.69 Å². The summed E-state index contributed by atoms with van der Waals surface area (Å²) in [6.07, 6.45) is 3.60. The van der Waals surface area contributed by atoms with Crippen LogP contribution in [-0.2, 0) is 25.8 Å². The van der Waals surface area contributed by atoms with E-state index in [4.69, 9.17) is 11.6 Å². The van der Waals surface area contributed by atoms with Crippen molar-refractivity contribution in [1.29, 1.82) is 0 Å². The molecule has 5 nitrogen and oxygen atoms in total. The molecule has 0 radical (unpaired) electrons. The van der Waals surface area contributed by atoms with Crippen molar-refractivity contribution < 1.29 is 4.79 Å². The number of benzene rings is 2. The van der Waals surface area contributed by atoms with E-state index in [1.54, 1.807) is 36.4 Å². The van der Waals surface area contributed by atoms with E-state index in [-0.39, 0.29) is 17.9 Å². The van der Waals surface area contributed by atoms with Crippen molar-refractivity contribution in [2.24, 2.45) is 0 Å². The van der Waals surface area contributed by atoms with Crippen LogP contribution in [0.4, 0.5) is 0 Å². The third-order valence-electron chi connectivity index (χ3n) is 6.06. The van der Waals surface area contributed by atoms with Crippen molar-refractivity contribution in [2.75, 3.05) is 0 Å². The van der Waals surface area contributed by atoms with Crippen LogP contribution in [0.1, 0.15) is 39.7 Å². The number of thiophene rings is 1. The van der Waals surface area contributed by atoms with Gasteiger partial charge in [0.2, 0.25) is 0 Å². The zero-order valence-electron chi connectivity index (χ0n) is 17.6. The number of hydrogen-bond acceptors (Lipinski definition) is 4. The van der Waals surface area contributed by atoms with Crippen molar-refractivity contribution in [2.45, 2.75) is 39.2 Å². The first-order valence-electron chi connectivity index (χ1n) is 10.7. The predicted molar refractivity (Wildman–Crippen MR) is 129 cm³/mol. The van der Waals surface area contributed by atoms with Gasteiger partial charge in [-0.15, -0.1) is 11.3 Å². The molecule has 2 aromatic carbocycles. The fourth-order valence-corrected chi connectivity index (χ4v) is 5.82. The largest absolute Gasteiger partial charge is 0.337 e. The van der Waals surface area contributed by atoms with Crippen LogP contribution in [0.15, 0.2) is 58.1 Å². The number of aryl methyl sites for hydroxylation is 3. The number of fused-ring (bicyclic) bond motifs is 3. The minimum Gasteiger partial charge on any atom is -0.292 e. The molecule has 0 fully saturated rings.